The molecule has 0 aromatic carbocycles. The molecule has 0 fully saturated rings. The number of rotatable bonds is 13. The normalized spacial score (nSPS) is 12.5. The standard InChI is InChI=1S/C21H42N2O3/c1-7-10-13-16-23(17-14-11-8-2)19(24)18(15-12-9-3)22-20(25)26-21(4,5)6/h18H,7-17H2,1-6H3,(H,22,25)/t18-/m1/s1. The van der Waals surface area contributed by atoms with Gasteiger partial charge < -0.3 is 15.0 Å². The third-order valence-electron chi connectivity index (χ3n) is 4.21. The number of hydrogen-bond donors (Lipinski definition) is 1. The van der Waals surface area contributed by atoms with E-state index in [1.807, 2.05) is 25.7 Å². The van der Waals surface area contributed by atoms with Crippen molar-refractivity contribution in [3.05, 3.63) is 0 Å². The number of carbonyl (C=O) groups excluding carboxylic acids is 2. The summed E-state index contributed by atoms with van der Waals surface area (Å²) >= 11 is 0. The highest BCUT2D eigenvalue weighted by molar-refractivity contribution is 5.85. The number of ether oxygens (including phenoxy) is 1. The number of carbonyl (C=O) groups is 2. The summed E-state index contributed by atoms with van der Waals surface area (Å²) in [7, 11) is 0. The van der Waals surface area contributed by atoms with Crippen molar-refractivity contribution in [1.82, 2.24) is 10.2 Å². The maximum atomic E-state index is 13.1. The van der Waals surface area contributed by atoms with Crippen LogP contribution in [0.4, 0.5) is 4.79 Å². The Morgan fingerprint density at radius 1 is 0.885 bits per heavy atom. The van der Waals surface area contributed by atoms with Crippen LogP contribution in [0.25, 0.3) is 0 Å². The van der Waals surface area contributed by atoms with Gasteiger partial charge in [-0.2, -0.15) is 0 Å². The molecule has 0 rings (SSSR count). The lowest BCUT2D eigenvalue weighted by Gasteiger charge is -2.29. The highest BCUT2D eigenvalue weighted by Gasteiger charge is 2.27. The molecule has 0 aromatic heterocycles. The molecule has 0 saturated heterocycles. The largest absolute Gasteiger partial charge is 0.444 e. The molecule has 0 bridgehead atoms. The Kier molecular flexibility index (Phi) is 13.2. The fraction of sp³-hybridized carbons (Fsp3) is 0.905. The number of nitrogens with one attached hydrogen (secondary N) is 1. The maximum Gasteiger partial charge on any atom is 0.408 e. The van der Waals surface area contributed by atoms with Crippen LogP contribution in [0.3, 0.4) is 0 Å². The molecule has 0 unspecified atom stereocenters. The highest BCUT2D eigenvalue weighted by atomic mass is 16.6. The molecule has 0 aromatic rings. The molecule has 2 amide bonds. The van der Waals surface area contributed by atoms with Crippen LogP contribution in [0.2, 0.25) is 0 Å². The van der Waals surface area contributed by atoms with Gasteiger partial charge in [0, 0.05) is 13.1 Å². The van der Waals surface area contributed by atoms with Crippen LogP contribution in [-0.4, -0.2) is 41.6 Å². The summed E-state index contributed by atoms with van der Waals surface area (Å²) in [6.07, 6.45) is 8.59. The van der Waals surface area contributed by atoms with E-state index < -0.39 is 17.7 Å². The molecule has 0 aliphatic heterocycles. The Labute approximate surface area is 161 Å². The average Bonchev–Trinajstić information content (AvgIpc) is 2.55. The van der Waals surface area contributed by atoms with Crippen molar-refractivity contribution in [3.63, 3.8) is 0 Å². The van der Waals surface area contributed by atoms with E-state index in [1.54, 1.807) is 0 Å². The molecule has 1 N–H and O–H groups in total. The molecule has 0 aliphatic carbocycles. The minimum atomic E-state index is -0.565. The first kappa shape index (κ1) is 24.7. The van der Waals surface area contributed by atoms with Crippen LogP contribution in [-0.2, 0) is 9.53 Å². The first-order valence-electron chi connectivity index (χ1n) is 10.5. The summed E-state index contributed by atoms with van der Waals surface area (Å²) < 4.78 is 5.35. The van der Waals surface area contributed by atoms with Gasteiger partial charge in [0.05, 0.1) is 0 Å². The van der Waals surface area contributed by atoms with E-state index in [2.05, 4.69) is 26.1 Å². The lowest BCUT2D eigenvalue weighted by atomic mass is 10.1. The zero-order valence-corrected chi connectivity index (χ0v) is 18.0. The molecular weight excluding hydrogens is 328 g/mol. The third-order valence-corrected chi connectivity index (χ3v) is 4.21. The van der Waals surface area contributed by atoms with Crippen LogP contribution < -0.4 is 5.32 Å². The van der Waals surface area contributed by atoms with Gasteiger partial charge in [-0.15, -0.1) is 0 Å². The monoisotopic (exact) mass is 370 g/mol. The summed E-state index contributed by atoms with van der Waals surface area (Å²) in [6.45, 7) is 13.5. The molecule has 26 heavy (non-hydrogen) atoms. The molecule has 5 heteroatoms. The van der Waals surface area contributed by atoms with Crippen molar-refractivity contribution in [1.29, 1.82) is 0 Å². The van der Waals surface area contributed by atoms with Crippen LogP contribution in [0.1, 0.15) is 99.3 Å². The second-order valence-corrected chi connectivity index (χ2v) is 8.08. The van der Waals surface area contributed by atoms with Crippen LogP contribution in [0.15, 0.2) is 0 Å². The minimum absolute atomic E-state index is 0.0384. The predicted molar refractivity (Wildman–Crippen MR) is 108 cm³/mol. The van der Waals surface area contributed by atoms with Gasteiger partial charge in [-0.3, -0.25) is 4.79 Å². The average molecular weight is 371 g/mol. The second-order valence-electron chi connectivity index (χ2n) is 8.08. The summed E-state index contributed by atoms with van der Waals surface area (Å²) in [5.41, 5.74) is -0.565. The van der Waals surface area contributed by atoms with E-state index in [1.165, 1.54) is 0 Å². The van der Waals surface area contributed by atoms with Crippen LogP contribution in [0, 0.1) is 0 Å². The molecular formula is C21H42N2O3. The molecule has 0 aliphatic rings. The number of hydrogen-bond acceptors (Lipinski definition) is 3. The van der Waals surface area contributed by atoms with Crippen molar-refractivity contribution in [3.8, 4) is 0 Å². The maximum absolute atomic E-state index is 13.1. The van der Waals surface area contributed by atoms with Gasteiger partial charge >= 0.3 is 6.09 Å². The lowest BCUT2D eigenvalue weighted by molar-refractivity contribution is -0.133. The summed E-state index contributed by atoms with van der Waals surface area (Å²) in [4.78, 5) is 27.2. The van der Waals surface area contributed by atoms with Gasteiger partial charge in [0.1, 0.15) is 11.6 Å². The number of amides is 2. The smallest absolute Gasteiger partial charge is 0.408 e. The number of unbranched alkanes of at least 4 members (excludes halogenated alkanes) is 5. The lowest BCUT2D eigenvalue weighted by Crippen LogP contribution is -2.50. The van der Waals surface area contributed by atoms with Crippen molar-refractivity contribution < 1.29 is 14.3 Å². The summed E-state index contributed by atoms with van der Waals surface area (Å²) in [5.74, 6) is 0.0384. The van der Waals surface area contributed by atoms with Gasteiger partial charge in [-0.25, -0.2) is 4.79 Å². The predicted octanol–water partition coefficient (Wildman–Crippen LogP) is 5.28. The second kappa shape index (κ2) is 13.9. The van der Waals surface area contributed by atoms with Crippen LogP contribution >= 0.6 is 0 Å². The quantitative estimate of drug-likeness (QED) is 0.449. The zero-order chi connectivity index (χ0) is 20.0. The molecule has 5 nitrogen and oxygen atoms in total. The topological polar surface area (TPSA) is 58.6 Å². The fourth-order valence-electron chi connectivity index (χ4n) is 2.77. The van der Waals surface area contributed by atoms with Gasteiger partial charge in [0.2, 0.25) is 5.91 Å². The molecule has 1 atom stereocenters. The minimum Gasteiger partial charge on any atom is -0.444 e. The van der Waals surface area contributed by atoms with E-state index in [0.717, 1.165) is 64.5 Å². The Bertz CT molecular complexity index is 381. The van der Waals surface area contributed by atoms with Gasteiger partial charge in [0.15, 0.2) is 0 Å². The highest BCUT2D eigenvalue weighted by Crippen LogP contribution is 2.12. The summed E-state index contributed by atoms with van der Waals surface area (Å²) in [6, 6.07) is -0.493. The van der Waals surface area contributed by atoms with Gasteiger partial charge in [0.25, 0.3) is 0 Å². The summed E-state index contributed by atoms with van der Waals surface area (Å²) in [5, 5.41) is 2.82. The number of alkyl carbamates (subject to hydrolysis) is 1. The van der Waals surface area contributed by atoms with E-state index in [4.69, 9.17) is 4.74 Å². The fourth-order valence-corrected chi connectivity index (χ4v) is 2.77. The first-order valence-corrected chi connectivity index (χ1v) is 10.5. The van der Waals surface area contributed by atoms with Crippen molar-refractivity contribution in [2.45, 2.75) is 111 Å². The van der Waals surface area contributed by atoms with E-state index in [-0.39, 0.29) is 5.91 Å². The van der Waals surface area contributed by atoms with E-state index >= 15 is 0 Å². The Morgan fingerprint density at radius 3 is 1.81 bits per heavy atom. The Hall–Kier alpha value is -1.26. The van der Waals surface area contributed by atoms with Crippen molar-refractivity contribution >= 4 is 12.0 Å². The molecule has 0 saturated carbocycles. The molecule has 0 radical (unpaired) electrons. The van der Waals surface area contributed by atoms with Gasteiger partial charge in [-0.05, 0) is 40.0 Å². The van der Waals surface area contributed by atoms with Crippen molar-refractivity contribution in [2.24, 2.45) is 0 Å². The third kappa shape index (κ3) is 12.2. The van der Waals surface area contributed by atoms with Gasteiger partial charge in [-0.1, -0.05) is 59.3 Å². The van der Waals surface area contributed by atoms with E-state index in [0.29, 0.717) is 6.42 Å². The Balaban J connectivity index is 4.97. The molecule has 0 spiro atoms. The van der Waals surface area contributed by atoms with E-state index in [9.17, 15) is 9.59 Å². The number of nitrogens with zero attached hydrogens (tertiary/aromatic N) is 1. The zero-order valence-electron chi connectivity index (χ0n) is 18.0. The molecule has 0 heterocycles. The van der Waals surface area contributed by atoms with Crippen molar-refractivity contribution in [2.75, 3.05) is 13.1 Å². The van der Waals surface area contributed by atoms with Crippen LogP contribution in [0.5, 0.6) is 0 Å². The first-order chi connectivity index (χ1) is 12.2. The SMILES string of the molecule is CCCCCN(CCCCC)C(=O)[C@@H](CCCC)NC(=O)OC(C)(C)C. The Morgan fingerprint density at radius 2 is 1.38 bits per heavy atom. The molecule has 154 valence electrons.